The molecule has 0 bridgehead atoms. The van der Waals surface area contributed by atoms with Crippen LogP contribution in [0.25, 0.3) is 0 Å². The average molecular weight is 525 g/mol. The van der Waals surface area contributed by atoms with Gasteiger partial charge in [0.25, 0.3) is 0 Å². The van der Waals surface area contributed by atoms with Gasteiger partial charge in [-0.15, -0.1) is 0 Å². The highest BCUT2D eigenvalue weighted by Gasteiger charge is 2.02. The van der Waals surface area contributed by atoms with Crippen LogP contribution in [-0.2, 0) is 19.3 Å². The molecule has 0 aliphatic heterocycles. The van der Waals surface area contributed by atoms with Gasteiger partial charge in [-0.2, -0.15) is 0 Å². The summed E-state index contributed by atoms with van der Waals surface area (Å²) in [7, 11) is 0. The highest BCUT2D eigenvalue weighted by atomic mass is 32.1. The largest absolute Gasteiger partial charge is 0.362 e. The van der Waals surface area contributed by atoms with Crippen molar-refractivity contribution in [1.29, 1.82) is 0 Å². The molecule has 37 heavy (non-hydrogen) atoms. The monoisotopic (exact) mass is 524 g/mol. The third-order valence-electron chi connectivity index (χ3n) is 5.92. The molecule has 4 aromatic carbocycles. The standard InChI is InChI=1S/C31H32N4S2/c36-30(32-21-19-24-7-3-1-4-8-24)34-28-15-11-26(12-16-28)23-27-13-17-29(18-14-27)35-31(37)33-22-20-25-9-5-2-6-10-25/h1-18H,19-23H2,(H2,32,34,36)(H2,33,35,37). The highest BCUT2D eigenvalue weighted by molar-refractivity contribution is 7.80. The second-order valence-electron chi connectivity index (χ2n) is 8.80. The number of thiocarbonyl (C=S) groups is 2. The van der Waals surface area contributed by atoms with Crippen LogP contribution < -0.4 is 21.3 Å². The molecule has 0 amide bonds. The summed E-state index contributed by atoms with van der Waals surface area (Å²) in [6.07, 6.45) is 2.74. The summed E-state index contributed by atoms with van der Waals surface area (Å²) in [5.41, 5.74) is 7.04. The Morgan fingerprint density at radius 1 is 0.459 bits per heavy atom. The minimum Gasteiger partial charge on any atom is -0.362 e. The lowest BCUT2D eigenvalue weighted by Crippen LogP contribution is -2.30. The Hall–Kier alpha value is -3.74. The maximum Gasteiger partial charge on any atom is 0.170 e. The van der Waals surface area contributed by atoms with E-state index in [1.165, 1.54) is 22.3 Å². The van der Waals surface area contributed by atoms with Crippen molar-refractivity contribution >= 4 is 46.0 Å². The van der Waals surface area contributed by atoms with Gasteiger partial charge in [-0.3, -0.25) is 0 Å². The molecule has 0 aliphatic carbocycles. The first-order valence-corrected chi connectivity index (χ1v) is 13.3. The topological polar surface area (TPSA) is 48.1 Å². The number of rotatable bonds is 10. The molecule has 0 aliphatic rings. The van der Waals surface area contributed by atoms with Gasteiger partial charge in [-0.05, 0) is 90.2 Å². The van der Waals surface area contributed by atoms with Gasteiger partial charge in [0.2, 0.25) is 0 Å². The molecular formula is C31H32N4S2. The Bertz CT molecular complexity index is 1160. The molecule has 4 rings (SSSR count). The van der Waals surface area contributed by atoms with E-state index in [0.29, 0.717) is 10.2 Å². The molecule has 6 heteroatoms. The van der Waals surface area contributed by atoms with Gasteiger partial charge in [0, 0.05) is 24.5 Å². The number of benzene rings is 4. The van der Waals surface area contributed by atoms with Crippen molar-refractivity contribution in [3.63, 3.8) is 0 Å². The van der Waals surface area contributed by atoms with Crippen molar-refractivity contribution in [2.24, 2.45) is 0 Å². The molecule has 0 unspecified atom stereocenters. The zero-order chi connectivity index (χ0) is 25.7. The van der Waals surface area contributed by atoms with E-state index in [0.717, 1.165) is 43.7 Å². The number of nitrogens with one attached hydrogen (secondary N) is 4. The van der Waals surface area contributed by atoms with Gasteiger partial charge in [-0.1, -0.05) is 84.9 Å². The van der Waals surface area contributed by atoms with E-state index in [1.807, 2.05) is 12.1 Å². The first kappa shape index (κ1) is 26.3. The summed E-state index contributed by atoms with van der Waals surface area (Å²) in [6.45, 7) is 1.60. The second kappa shape index (κ2) is 14.1. The smallest absolute Gasteiger partial charge is 0.170 e. The average Bonchev–Trinajstić information content (AvgIpc) is 2.92. The first-order valence-electron chi connectivity index (χ1n) is 12.5. The Morgan fingerprint density at radius 2 is 0.838 bits per heavy atom. The minimum atomic E-state index is 0.638. The Labute approximate surface area is 230 Å². The van der Waals surface area contributed by atoms with Crippen molar-refractivity contribution in [3.05, 3.63) is 131 Å². The van der Waals surface area contributed by atoms with E-state index >= 15 is 0 Å². The zero-order valence-electron chi connectivity index (χ0n) is 20.7. The second-order valence-corrected chi connectivity index (χ2v) is 9.62. The lowest BCUT2D eigenvalue weighted by atomic mass is 10.0. The molecule has 4 aromatic rings. The van der Waals surface area contributed by atoms with E-state index in [-0.39, 0.29) is 0 Å². The lowest BCUT2D eigenvalue weighted by molar-refractivity contribution is 0.873. The van der Waals surface area contributed by atoms with Crippen LogP contribution in [-0.4, -0.2) is 23.3 Å². The SMILES string of the molecule is S=C(NCCc1ccccc1)Nc1ccc(Cc2ccc(NC(=S)NCCc3ccccc3)cc2)cc1. The van der Waals surface area contributed by atoms with Crippen molar-refractivity contribution < 1.29 is 0 Å². The Morgan fingerprint density at radius 3 is 1.22 bits per heavy atom. The quantitative estimate of drug-likeness (QED) is 0.182. The summed E-state index contributed by atoms with van der Waals surface area (Å²) in [5, 5.41) is 14.3. The van der Waals surface area contributed by atoms with Gasteiger partial charge in [0.1, 0.15) is 0 Å². The van der Waals surface area contributed by atoms with Gasteiger partial charge in [0.05, 0.1) is 0 Å². The molecule has 188 valence electrons. The summed E-state index contributed by atoms with van der Waals surface area (Å²) in [4.78, 5) is 0. The van der Waals surface area contributed by atoms with E-state index in [9.17, 15) is 0 Å². The summed E-state index contributed by atoms with van der Waals surface area (Å²) in [5.74, 6) is 0. The molecule has 0 aromatic heterocycles. The molecule has 0 saturated carbocycles. The molecular weight excluding hydrogens is 493 g/mol. The third kappa shape index (κ3) is 9.33. The zero-order valence-corrected chi connectivity index (χ0v) is 22.4. The first-order chi connectivity index (χ1) is 18.1. The van der Waals surface area contributed by atoms with Crippen molar-refractivity contribution in [3.8, 4) is 0 Å². The fourth-order valence-electron chi connectivity index (χ4n) is 3.93. The summed E-state index contributed by atoms with van der Waals surface area (Å²) in [6, 6.07) is 37.6. The van der Waals surface area contributed by atoms with Gasteiger partial charge in [0.15, 0.2) is 10.2 Å². The normalized spacial score (nSPS) is 10.4. The molecule has 0 heterocycles. The predicted octanol–water partition coefficient (Wildman–Crippen LogP) is 6.34. The fraction of sp³-hybridized carbons (Fsp3) is 0.161. The molecule has 0 fully saturated rings. The number of hydrogen-bond donors (Lipinski definition) is 4. The molecule has 0 atom stereocenters. The lowest BCUT2D eigenvalue weighted by Gasteiger charge is -2.12. The van der Waals surface area contributed by atoms with E-state index in [1.54, 1.807) is 0 Å². The maximum absolute atomic E-state index is 5.44. The molecule has 4 nitrogen and oxygen atoms in total. The molecule has 0 radical (unpaired) electrons. The minimum absolute atomic E-state index is 0.638. The Balaban J connectivity index is 1.17. The van der Waals surface area contributed by atoms with Gasteiger partial charge >= 0.3 is 0 Å². The third-order valence-corrected chi connectivity index (χ3v) is 6.41. The van der Waals surface area contributed by atoms with Crippen LogP contribution in [0.15, 0.2) is 109 Å². The van der Waals surface area contributed by atoms with Crippen LogP contribution in [0.4, 0.5) is 11.4 Å². The molecule has 4 N–H and O–H groups in total. The van der Waals surface area contributed by atoms with Gasteiger partial charge in [-0.25, -0.2) is 0 Å². The van der Waals surface area contributed by atoms with Crippen LogP contribution in [0, 0.1) is 0 Å². The van der Waals surface area contributed by atoms with E-state index in [2.05, 4.69) is 118 Å². The number of hydrogen-bond acceptors (Lipinski definition) is 2. The number of anilines is 2. The molecule has 0 saturated heterocycles. The van der Waals surface area contributed by atoms with Crippen molar-refractivity contribution in [1.82, 2.24) is 10.6 Å². The van der Waals surface area contributed by atoms with Crippen molar-refractivity contribution in [2.75, 3.05) is 23.7 Å². The Kier molecular flexibility index (Phi) is 10.0. The molecule has 0 spiro atoms. The van der Waals surface area contributed by atoms with Crippen LogP contribution in [0.1, 0.15) is 22.3 Å². The predicted molar refractivity (Wildman–Crippen MR) is 164 cm³/mol. The van der Waals surface area contributed by atoms with Crippen LogP contribution in [0.3, 0.4) is 0 Å². The van der Waals surface area contributed by atoms with Crippen LogP contribution >= 0.6 is 24.4 Å². The van der Waals surface area contributed by atoms with E-state index < -0.39 is 0 Å². The summed E-state index contributed by atoms with van der Waals surface area (Å²) >= 11 is 10.9. The van der Waals surface area contributed by atoms with E-state index in [4.69, 9.17) is 24.4 Å². The van der Waals surface area contributed by atoms with Crippen LogP contribution in [0.2, 0.25) is 0 Å². The maximum atomic E-state index is 5.44. The van der Waals surface area contributed by atoms with Crippen LogP contribution in [0.5, 0.6) is 0 Å². The van der Waals surface area contributed by atoms with Crippen molar-refractivity contribution in [2.45, 2.75) is 19.3 Å². The fourth-order valence-corrected chi connectivity index (χ4v) is 4.37. The highest BCUT2D eigenvalue weighted by Crippen LogP contribution is 2.16. The van der Waals surface area contributed by atoms with Gasteiger partial charge < -0.3 is 21.3 Å². The summed E-state index contributed by atoms with van der Waals surface area (Å²) < 4.78 is 0.